The normalized spacial score (nSPS) is 14.3. The van der Waals surface area contributed by atoms with E-state index in [1.165, 1.54) is 12.0 Å². The van der Waals surface area contributed by atoms with Crippen LogP contribution >= 0.6 is 22.9 Å². The lowest BCUT2D eigenvalue weighted by atomic mass is 9.79. The Morgan fingerprint density at radius 1 is 1.43 bits per heavy atom. The summed E-state index contributed by atoms with van der Waals surface area (Å²) in [5.74, 6) is 1.39. The minimum atomic E-state index is 0.331. The maximum absolute atomic E-state index is 5.99. The first-order chi connectivity index (χ1) is 6.54. The van der Waals surface area contributed by atoms with E-state index in [1.807, 2.05) is 0 Å². The second kappa shape index (κ2) is 5.18. The molecule has 80 valence electrons. The Morgan fingerprint density at radius 3 is 2.57 bits per heavy atom. The van der Waals surface area contributed by atoms with Gasteiger partial charge in [-0.15, -0.1) is 11.6 Å². The number of halogens is 1. The van der Waals surface area contributed by atoms with Crippen molar-refractivity contribution in [2.75, 3.05) is 5.88 Å². The quantitative estimate of drug-likeness (QED) is 0.665. The van der Waals surface area contributed by atoms with E-state index >= 15 is 0 Å². The zero-order valence-electron chi connectivity index (χ0n) is 9.22. The van der Waals surface area contributed by atoms with Crippen LogP contribution in [-0.4, -0.2) is 5.88 Å². The smallest absolute Gasteiger partial charge is 0.0256 e. The summed E-state index contributed by atoms with van der Waals surface area (Å²) in [6.45, 7) is 6.81. The van der Waals surface area contributed by atoms with Gasteiger partial charge in [0.15, 0.2) is 0 Å². The van der Waals surface area contributed by atoms with Gasteiger partial charge in [0.05, 0.1) is 0 Å². The minimum absolute atomic E-state index is 0.331. The van der Waals surface area contributed by atoms with Crippen LogP contribution in [0, 0.1) is 11.3 Å². The fourth-order valence-electron chi connectivity index (χ4n) is 1.52. The van der Waals surface area contributed by atoms with Gasteiger partial charge in [0.25, 0.3) is 0 Å². The van der Waals surface area contributed by atoms with Crippen LogP contribution in [0.25, 0.3) is 0 Å². The number of hydrogen-bond acceptors (Lipinski definition) is 1. The average Bonchev–Trinajstić information content (AvgIpc) is 2.55. The molecule has 0 aliphatic heterocycles. The number of aryl methyl sites for hydroxylation is 1. The van der Waals surface area contributed by atoms with Crippen LogP contribution in [-0.2, 0) is 6.42 Å². The molecule has 0 radical (unpaired) electrons. The van der Waals surface area contributed by atoms with Crippen molar-refractivity contribution in [3.05, 3.63) is 22.4 Å². The summed E-state index contributed by atoms with van der Waals surface area (Å²) < 4.78 is 0. The molecule has 0 saturated heterocycles. The van der Waals surface area contributed by atoms with Crippen molar-refractivity contribution in [1.82, 2.24) is 0 Å². The average molecular weight is 231 g/mol. The molecule has 0 fully saturated rings. The number of hydrogen-bond donors (Lipinski definition) is 0. The van der Waals surface area contributed by atoms with E-state index < -0.39 is 0 Å². The second-order valence-corrected chi connectivity index (χ2v) is 5.98. The molecule has 1 unspecified atom stereocenters. The van der Waals surface area contributed by atoms with Crippen LogP contribution in [0.15, 0.2) is 16.8 Å². The van der Waals surface area contributed by atoms with E-state index in [2.05, 4.69) is 37.6 Å². The summed E-state index contributed by atoms with van der Waals surface area (Å²) in [7, 11) is 0. The lowest BCUT2D eigenvalue weighted by molar-refractivity contribution is 0.251. The number of thiophene rings is 1. The highest BCUT2D eigenvalue weighted by Crippen LogP contribution is 2.30. The highest BCUT2D eigenvalue weighted by molar-refractivity contribution is 7.07. The summed E-state index contributed by atoms with van der Waals surface area (Å²) in [6, 6.07) is 2.21. The van der Waals surface area contributed by atoms with Gasteiger partial charge in [-0.2, -0.15) is 11.3 Å². The molecule has 1 atom stereocenters. The lowest BCUT2D eigenvalue weighted by Gasteiger charge is -2.28. The Kier molecular flexibility index (Phi) is 4.46. The van der Waals surface area contributed by atoms with Crippen molar-refractivity contribution >= 4 is 22.9 Å². The molecule has 14 heavy (non-hydrogen) atoms. The second-order valence-electron chi connectivity index (χ2n) is 4.89. The number of rotatable bonds is 4. The van der Waals surface area contributed by atoms with Gasteiger partial charge in [0.2, 0.25) is 0 Å². The molecule has 1 aromatic rings. The molecule has 0 aliphatic rings. The van der Waals surface area contributed by atoms with Crippen LogP contribution < -0.4 is 0 Å². The Hall–Kier alpha value is -0.0100. The van der Waals surface area contributed by atoms with Crippen LogP contribution in [0.5, 0.6) is 0 Å². The van der Waals surface area contributed by atoms with Crippen molar-refractivity contribution in [2.24, 2.45) is 11.3 Å². The monoisotopic (exact) mass is 230 g/mol. The number of alkyl halides is 1. The maximum Gasteiger partial charge on any atom is 0.0256 e. The first-order valence-corrected chi connectivity index (χ1v) is 6.59. The van der Waals surface area contributed by atoms with Gasteiger partial charge in [-0.1, -0.05) is 20.8 Å². The van der Waals surface area contributed by atoms with Gasteiger partial charge in [0.1, 0.15) is 0 Å². The molecule has 0 saturated carbocycles. The third-order valence-electron chi connectivity index (χ3n) is 2.77. The molecule has 0 N–H and O–H groups in total. The molecular weight excluding hydrogens is 212 g/mol. The fourth-order valence-corrected chi connectivity index (χ4v) is 2.84. The zero-order chi connectivity index (χ0) is 10.6. The van der Waals surface area contributed by atoms with Gasteiger partial charge in [-0.05, 0) is 46.6 Å². The van der Waals surface area contributed by atoms with Gasteiger partial charge < -0.3 is 0 Å². The molecular formula is C12H19ClS. The standard InChI is InChI=1S/C12H19ClS/c1-12(2,3)11(8-13)5-4-10-6-7-14-9-10/h6-7,9,11H,4-5,8H2,1-3H3. The topological polar surface area (TPSA) is 0 Å². The SMILES string of the molecule is CC(C)(C)C(CCl)CCc1ccsc1. The summed E-state index contributed by atoms with van der Waals surface area (Å²) in [4.78, 5) is 0. The molecule has 0 bridgehead atoms. The van der Waals surface area contributed by atoms with Crippen LogP contribution in [0.1, 0.15) is 32.8 Å². The van der Waals surface area contributed by atoms with Gasteiger partial charge >= 0.3 is 0 Å². The van der Waals surface area contributed by atoms with E-state index in [0.717, 1.165) is 12.3 Å². The van der Waals surface area contributed by atoms with Crippen molar-refractivity contribution in [3.8, 4) is 0 Å². The van der Waals surface area contributed by atoms with Gasteiger partial charge in [-0.25, -0.2) is 0 Å². The molecule has 0 nitrogen and oxygen atoms in total. The zero-order valence-corrected chi connectivity index (χ0v) is 10.8. The highest BCUT2D eigenvalue weighted by atomic mass is 35.5. The van der Waals surface area contributed by atoms with E-state index in [9.17, 15) is 0 Å². The van der Waals surface area contributed by atoms with E-state index in [1.54, 1.807) is 11.3 Å². The summed E-state index contributed by atoms with van der Waals surface area (Å²) in [5, 5.41) is 4.37. The molecule has 1 heterocycles. The van der Waals surface area contributed by atoms with Gasteiger partial charge in [-0.3, -0.25) is 0 Å². The summed E-state index contributed by atoms with van der Waals surface area (Å²) >= 11 is 7.77. The third kappa shape index (κ3) is 3.62. The molecule has 0 spiro atoms. The molecule has 0 aromatic carbocycles. The molecule has 0 amide bonds. The third-order valence-corrected chi connectivity index (χ3v) is 3.88. The van der Waals surface area contributed by atoms with E-state index in [4.69, 9.17) is 11.6 Å². The Labute approximate surface area is 96.3 Å². The Morgan fingerprint density at radius 2 is 2.14 bits per heavy atom. The van der Waals surface area contributed by atoms with Crippen LogP contribution in [0.2, 0.25) is 0 Å². The lowest BCUT2D eigenvalue weighted by Crippen LogP contribution is -2.22. The van der Waals surface area contributed by atoms with Gasteiger partial charge in [0, 0.05) is 5.88 Å². The van der Waals surface area contributed by atoms with Crippen LogP contribution in [0.4, 0.5) is 0 Å². The van der Waals surface area contributed by atoms with Crippen molar-refractivity contribution in [3.63, 3.8) is 0 Å². The van der Waals surface area contributed by atoms with Crippen LogP contribution in [0.3, 0.4) is 0 Å². The first kappa shape index (κ1) is 12.1. The molecule has 1 rings (SSSR count). The Balaban J connectivity index is 2.43. The summed E-state index contributed by atoms with van der Waals surface area (Å²) in [5.41, 5.74) is 1.78. The molecule has 1 aromatic heterocycles. The van der Waals surface area contributed by atoms with E-state index in [0.29, 0.717) is 11.3 Å². The fraction of sp³-hybridized carbons (Fsp3) is 0.667. The van der Waals surface area contributed by atoms with E-state index in [-0.39, 0.29) is 0 Å². The maximum atomic E-state index is 5.99. The molecule has 2 heteroatoms. The Bertz CT molecular complexity index is 246. The largest absolute Gasteiger partial charge is 0.152 e. The summed E-state index contributed by atoms with van der Waals surface area (Å²) in [6.07, 6.45) is 2.36. The predicted molar refractivity (Wildman–Crippen MR) is 66.3 cm³/mol. The highest BCUT2D eigenvalue weighted by Gasteiger charge is 2.23. The van der Waals surface area contributed by atoms with Crippen molar-refractivity contribution in [2.45, 2.75) is 33.6 Å². The van der Waals surface area contributed by atoms with Crippen molar-refractivity contribution < 1.29 is 0 Å². The first-order valence-electron chi connectivity index (χ1n) is 5.11. The van der Waals surface area contributed by atoms with Crippen molar-refractivity contribution in [1.29, 1.82) is 0 Å². The minimum Gasteiger partial charge on any atom is -0.152 e. The predicted octanol–water partition coefficient (Wildman–Crippen LogP) is 4.58. The molecule has 0 aliphatic carbocycles.